The first-order valence-electron chi connectivity index (χ1n) is 25.0. The normalized spacial score (nSPS) is 19.7. The van der Waals surface area contributed by atoms with Crippen molar-refractivity contribution in [2.24, 2.45) is 11.8 Å². The third kappa shape index (κ3) is 13.9. The highest BCUT2D eigenvalue weighted by Gasteiger charge is 2.57. The third-order valence-electron chi connectivity index (χ3n) is 14.3. The van der Waals surface area contributed by atoms with E-state index in [2.05, 4.69) is 38.1 Å². The Morgan fingerprint density at radius 1 is 0.354 bits per heavy atom. The largest absolute Gasteiger partial charge is 0.335 e. The molecule has 2 aliphatic rings. The summed E-state index contributed by atoms with van der Waals surface area (Å²) in [5.74, 6) is -13.5. The minimum atomic E-state index is -4.17. The maximum atomic E-state index is 14.3. The summed E-state index contributed by atoms with van der Waals surface area (Å²) < 4.78 is 113. The zero-order valence-corrected chi connectivity index (χ0v) is 39.4. The molecule has 0 bridgehead atoms. The molecule has 4 aromatic carbocycles. The van der Waals surface area contributed by atoms with Crippen molar-refractivity contribution in [3.63, 3.8) is 0 Å². The fraction of sp³-hybridized carbons (Fsp3) is 0.579. The number of hydrogen-bond acceptors (Lipinski definition) is 0. The van der Waals surface area contributed by atoms with Gasteiger partial charge < -0.3 is 0 Å². The van der Waals surface area contributed by atoms with Crippen LogP contribution in [0.15, 0.2) is 97.1 Å². The van der Waals surface area contributed by atoms with Gasteiger partial charge >= 0.3 is 23.7 Å². The zero-order chi connectivity index (χ0) is 47.1. The lowest BCUT2D eigenvalue weighted by Gasteiger charge is -2.29. The summed E-state index contributed by atoms with van der Waals surface area (Å²) in [6.07, 6.45) is 20.5. The van der Waals surface area contributed by atoms with Gasteiger partial charge in [0, 0.05) is 24.0 Å². The van der Waals surface area contributed by atoms with E-state index in [1.807, 2.05) is 24.3 Å². The van der Waals surface area contributed by atoms with Crippen molar-refractivity contribution in [3.8, 4) is 22.3 Å². The van der Waals surface area contributed by atoms with Gasteiger partial charge in [0.15, 0.2) is 0 Å². The van der Waals surface area contributed by atoms with Gasteiger partial charge in [0.05, 0.1) is 0 Å². The molecule has 0 aromatic heterocycles. The topological polar surface area (TPSA) is 0 Å². The van der Waals surface area contributed by atoms with Crippen LogP contribution < -0.4 is 0 Å². The summed E-state index contributed by atoms with van der Waals surface area (Å²) in [6, 6.07) is 27.2. The molecule has 0 spiro atoms. The second-order valence-electron chi connectivity index (χ2n) is 19.2. The molecule has 0 N–H and O–H groups in total. The molecule has 0 nitrogen and oxygen atoms in total. The number of benzene rings is 4. The first kappa shape index (κ1) is 52.3. The Balaban J connectivity index is 0.000000244. The molecule has 0 atom stereocenters. The van der Waals surface area contributed by atoms with Gasteiger partial charge in [0.25, 0.3) is 0 Å². The zero-order valence-electron chi connectivity index (χ0n) is 39.4. The molecular formula is C57H74F8. The minimum absolute atomic E-state index is 0.00747. The summed E-state index contributed by atoms with van der Waals surface area (Å²) in [6.45, 7) is 7.46. The van der Waals surface area contributed by atoms with Gasteiger partial charge in [0.2, 0.25) is 0 Å². The Bertz CT molecular complexity index is 1930. The third-order valence-corrected chi connectivity index (χ3v) is 14.3. The van der Waals surface area contributed by atoms with Crippen molar-refractivity contribution < 1.29 is 35.1 Å². The molecule has 2 aliphatic carbocycles. The smallest absolute Gasteiger partial charge is 0.199 e. The van der Waals surface area contributed by atoms with Crippen LogP contribution >= 0.6 is 0 Å². The Kier molecular flexibility index (Phi) is 19.6. The van der Waals surface area contributed by atoms with Gasteiger partial charge in [-0.25, -0.2) is 0 Å². The van der Waals surface area contributed by atoms with Gasteiger partial charge in [-0.15, -0.1) is 0 Å². The lowest BCUT2D eigenvalue weighted by Crippen LogP contribution is -2.37. The van der Waals surface area contributed by atoms with Crippen LogP contribution in [0.3, 0.4) is 0 Å². The fourth-order valence-corrected chi connectivity index (χ4v) is 10.1. The van der Waals surface area contributed by atoms with Crippen LogP contribution in [-0.2, 0) is 11.8 Å². The highest BCUT2D eigenvalue weighted by molar-refractivity contribution is 5.65. The highest BCUT2D eigenvalue weighted by atomic mass is 19.3. The van der Waals surface area contributed by atoms with Crippen LogP contribution in [0.5, 0.6) is 0 Å². The molecule has 0 unspecified atom stereocenters. The Morgan fingerprint density at radius 3 is 0.954 bits per heavy atom. The average molecular weight is 911 g/mol. The van der Waals surface area contributed by atoms with E-state index in [-0.39, 0.29) is 12.8 Å². The number of hydrogen-bond donors (Lipinski definition) is 0. The predicted molar refractivity (Wildman–Crippen MR) is 254 cm³/mol. The fourth-order valence-electron chi connectivity index (χ4n) is 10.1. The van der Waals surface area contributed by atoms with Crippen molar-refractivity contribution in [3.05, 3.63) is 119 Å². The minimum Gasteiger partial charge on any atom is -0.199 e. The molecule has 8 heteroatoms. The van der Waals surface area contributed by atoms with Gasteiger partial charge in [-0.05, 0) is 108 Å². The van der Waals surface area contributed by atoms with Gasteiger partial charge in [-0.2, -0.15) is 35.1 Å². The van der Waals surface area contributed by atoms with Crippen LogP contribution in [0.2, 0.25) is 0 Å². The van der Waals surface area contributed by atoms with E-state index < -0.39 is 47.7 Å². The summed E-state index contributed by atoms with van der Waals surface area (Å²) in [4.78, 5) is 0. The number of unbranched alkanes of at least 4 members (excludes halogenated alkanes) is 5. The van der Waals surface area contributed by atoms with Crippen molar-refractivity contribution in [1.29, 1.82) is 0 Å². The highest BCUT2D eigenvalue weighted by Crippen LogP contribution is 2.48. The molecule has 0 amide bonds. The molecule has 358 valence electrons. The maximum Gasteiger partial charge on any atom is 0.335 e. The molecule has 65 heavy (non-hydrogen) atoms. The summed E-state index contributed by atoms with van der Waals surface area (Å²) in [5.41, 5.74) is 4.76. The number of alkyl halides is 8. The van der Waals surface area contributed by atoms with Crippen LogP contribution in [0, 0.1) is 11.8 Å². The summed E-state index contributed by atoms with van der Waals surface area (Å²) >= 11 is 0. The van der Waals surface area contributed by atoms with Crippen molar-refractivity contribution >= 4 is 0 Å². The van der Waals surface area contributed by atoms with E-state index in [0.29, 0.717) is 11.8 Å². The molecule has 4 aromatic rings. The predicted octanol–water partition coefficient (Wildman–Crippen LogP) is 19.9. The Hall–Kier alpha value is -3.68. The Labute approximate surface area is 385 Å². The van der Waals surface area contributed by atoms with Gasteiger partial charge in [-0.1, -0.05) is 195 Å². The molecule has 0 heterocycles. The first-order chi connectivity index (χ1) is 31.1. The van der Waals surface area contributed by atoms with Crippen molar-refractivity contribution in [1.82, 2.24) is 0 Å². The van der Waals surface area contributed by atoms with Crippen LogP contribution in [0.25, 0.3) is 22.3 Å². The Morgan fingerprint density at radius 2 is 0.646 bits per heavy atom. The van der Waals surface area contributed by atoms with Crippen LogP contribution in [-0.4, -0.2) is 11.8 Å². The number of halogens is 8. The standard InChI is InChI=1S/C29H38F4.C28H36F4/c1-3-5-6-7-8-22-9-11-23(12-10-22)24-13-15-25(16-14-24)26-17-19-27(20-18-26)29(32,33)28(30,31)21-4-2;1-3-5-6-7-21-8-10-22(11-9-21)23-12-14-24(15-13-23)25-16-18-26(19-17-25)28(31,32)27(29,30)20-4-2/h13-20,22-23H,3-12,21H2,1-2H3;12-19,21-22H,3-11,20H2,1-2H3/t22-,23-;21-,22-. The van der Waals surface area contributed by atoms with E-state index in [4.69, 9.17) is 0 Å². The second kappa shape index (κ2) is 24.4. The molecule has 2 saturated carbocycles. The maximum absolute atomic E-state index is 14.3. The molecule has 6 rings (SSSR count). The quantitative estimate of drug-likeness (QED) is 0.0577. The summed E-state index contributed by atoms with van der Waals surface area (Å²) in [5, 5.41) is 0. The van der Waals surface area contributed by atoms with Gasteiger partial charge in [-0.3, -0.25) is 0 Å². The van der Waals surface area contributed by atoms with E-state index in [0.717, 1.165) is 58.4 Å². The number of rotatable bonds is 21. The molecular weight excluding hydrogens is 837 g/mol. The summed E-state index contributed by atoms with van der Waals surface area (Å²) in [7, 11) is 0. The van der Waals surface area contributed by atoms with E-state index in [9.17, 15) is 35.1 Å². The first-order valence-corrected chi connectivity index (χ1v) is 25.0. The molecule has 2 fully saturated rings. The SMILES string of the molecule is CCCCCC[C@H]1CC[C@H](c2ccc(-c3ccc(C(F)(F)C(F)(F)CCC)cc3)cc2)CC1.CCCCC[C@H]1CC[C@H](c2ccc(-c3ccc(C(F)(F)C(F)(F)CCC)cc3)cc2)CC1. The second-order valence-corrected chi connectivity index (χ2v) is 19.2. The van der Waals surface area contributed by atoms with E-state index in [1.165, 1.54) is 158 Å². The molecule has 0 saturated heterocycles. The van der Waals surface area contributed by atoms with Crippen LogP contribution in [0.4, 0.5) is 35.1 Å². The monoisotopic (exact) mass is 911 g/mol. The molecule has 0 radical (unpaired) electrons. The van der Waals surface area contributed by atoms with Crippen molar-refractivity contribution in [2.75, 3.05) is 0 Å². The van der Waals surface area contributed by atoms with E-state index >= 15 is 0 Å². The van der Waals surface area contributed by atoms with E-state index in [1.54, 1.807) is 0 Å². The lowest BCUT2D eigenvalue weighted by molar-refractivity contribution is -0.219. The average Bonchev–Trinajstić information content (AvgIpc) is 3.31. The molecule has 0 aliphatic heterocycles. The van der Waals surface area contributed by atoms with Gasteiger partial charge in [0.1, 0.15) is 0 Å². The van der Waals surface area contributed by atoms with Crippen molar-refractivity contribution in [2.45, 2.75) is 198 Å². The van der Waals surface area contributed by atoms with Crippen LogP contribution in [0.1, 0.15) is 197 Å². The lowest BCUT2D eigenvalue weighted by atomic mass is 9.77.